The molecular formula is C19H21N3O3S. The first kappa shape index (κ1) is 18.2. The maximum Gasteiger partial charge on any atom is 0.244 e. The molecule has 1 N–H and O–H groups in total. The van der Waals surface area contributed by atoms with E-state index in [0.717, 1.165) is 16.9 Å². The number of methoxy groups -OCH3 is 1. The van der Waals surface area contributed by atoms with Crippen LogP contribution in [0.25, 0.3) is 11.3 Å². The second-order valence-electron chi connectivity index (χ2n) is 5.88. The zero-order chi connectivity index (χ0) is 18.6. The minimum atomic E-state index is -3.67. The molecule has 0 amide bonds. The second kappa shape index (κ2) is 7.72. The van der Waals surface area contributed by atoms with Crippen LogP contribution in [0, 0.1) is 0 Å². The van der Waals surface area contributed by atoms with Gasteiger partial charge in [0.2, 0.25) is 10.0 Å². The van der Waals surface area contributed by atoms with Gasteiger partial charge in [-0.3, -0.25) is 4.68 Å². The third kappa shape index (κ3) is 4.12. The van der Waals surface area contributed by atoms with Crippen molar-refractivity contribution < 1.29 is 13.2 Å². The third-order valence-corrected chi connectivity index (χ3v) is 5.43. The largest absolute Gasteiger partial charge is 0.497 e. The standard InChI is InChI=1S/C19H21N3O3S/c1-22-14-18(19(21-22)16-8-4-3-5-9-16)26(23,24)20-12-11-15-7-6-10-17(13-15)25-2/h3-10,13-14,20H,11-12H2,1-2H3. The van der Waals surface area contributed by atoms with Crippen molar-refractivity contribution in [3.63, 3.8) is 0 Å². The van der Waals surface area contributed by atoms with Crippen LogP contribution in [-0.4, -0.2) is 31.9 Å². The number of ether oxygens (including phenoxy) is 1. The first-order valence-corrected chi connectivity index (χ1v) is 9.69. The van der Waals surface area contributed by atoms with E-state index in [1.165, 1.54) is 10.9 Å². The summed E-state index contributed by atoms with van der Waals surface area (Å²) in [6.07, 6.45) is 2.09. The average molecular weight is 371 g/mol. The lowest BCUT2D eigenvalue weighted by Gasteiger charge is -2.08. The van der Waals surface area contributed by atoms with Crippen LogP contribution in [-0.2, 0) is 23.5 Å². The van der Waals surface area contributed by atoms with Crippen molar-refractivity contribution in [2.24, 2.45) is 7.05 Å². The molecule has 0 saturated heterocycles. The average Bonchev–Trinajstić information content (AvgIpc) is 3.05. The van der Waals surface area contributed by atoms with Gasteiger partial charge in [-0.05, 0) is 24.1 Å². The van der Waals surface area contributed by atoms with Gasteiger partial charge in [0.25, 0.3) is 0 Å². The number of hydrogen-bond acceptors (Lipinski definition) is 4. The van der Waals surface area contributed by atoms with Crippen molar-refractivity contribution in [3.8, 4) is 17.0 Å². The monoisotopic (exact) mass is 371 g/mol. The zero-order valence-electron chi connectivity index (χ0n) is 14.7. The lowest BCUT2D eigenvalue weighted by atomic mass is 10.1. The highest BCUT2D eigenvalue weighted by Crippen LogP contribution is 2.25. The van der Waals surface area contributed by atoms with Crippen LogP contribution in [0.15, 0.2) is 65.7 Å². The van der Waals surface area contributed by atoms with E-state index >= 15 is 0 Å². The highest BCUT2D eigenvalue weighted by molar-refractivity contribution is 7.89. The van der Waals surface area contributed by atoms with Crippen LogP contribution in [0.5, 0.6) is 5.75 Å². The van der Waals surface area contributed by atoms with Crippen LogP contribution in [0.1, 0.15) is 5.56 Å². The summed E-state index contributed by atoms with van der Waals surface area (Å²) >= 11 is 0. The molecule has 0 unspecified atom stereocenters. The Balaban J connectivity index is 1.76. The summed E-state index contributed by atoms with van der Waals surface area (Å²) in [6, 6.07) is 16.9. The van der Waals surface area contributed by atoms with E-state index in [1.807, 2.05) is 54.6 Å². The predicted octanol–water partition coefficient (Wildman–Crippen LogP) is 2.62. The molecule has 1 aromatic heterocycles. The molecule has 0 saturated carbocycles. The Morgan fingerprint density at radius 3 is 2.62 bits per heavy atom. The molecule has 0 aliphatic carbocycles. The molecule has 0 spiro atoms. The SMILES string of the molecule is COc1cccc(CCNS(=O)(=O)c2cn(C)nc2-c2ccccc2)c1. The molecule has 3 aromatic rings. The van der Waals surface area contributed by atoms with Crippen molar-refractivity contribution in [2.75, 3.05) is 13.7 Å². The van der Waals surface area contributed by atoms with Crippen molar-refractivity contribution in [1.29, 1.82) is 0 Å². The van der Waals surface area contributed by atoms with Gasteiger partial charge in [0.05, 0.1) is 7.11 Å². The van der Waals surface area contributed by atoms with Gasteiger partial charge in [0.1, 0.15) is 16.3 Å². The summed E-state index contributed by atoms with van der Waals surface area (Å²) in [6.45, 7) is 0.290. The van der Waals surface area contributed by atoms with Crippen molar-refractivity contribution in [3.05, 3.63) is 66.4 Å². The van der Waals surface area contributed by atoms with Gasteiger partial charge < -0.3 is 4.74 Å². The summed E-state index contributed by atoms with van der Waals surface area (Å²) in [5, 5.41) is 4.32. The number of aromatic nitrogens is 2. The number of rotatable bonds is 7. The Morgan fingerprint density at radius 2 is 1.88 bits per heavy atom. The third-order valence-electron chi connectivity index (χ3n) is 3.97. The number of benzene rings is 2. The zero-order valence-corrected chi connectivity index (χ0v) is 15.5. The van der Waals surface area contributed by atoms with Gasteiger partial charge in [0.15, 0.2) is 0 Å². The molecule has 6 nitrogen and oxygen atoms in total. The number of sulfonamides is 1. The van der Waals surface area contributed by atoms with Gasteiger partial charge in [-0.1, -0.05) is 42.5 Å². The Kier molecular flexibility index (Phi) is 5.39. The highest BCUT2D eigenvalue weighted by atomic mass is 32.2. The Hall–Kier alpha value is -2.64. The van der Waals surface area contributed by atoms with Crippen LogP contribution in [0.3, 0.4) is 0 Å². The van der Waals surface area contributed by atoms with Gasteiger partial charge in [-0.25, -0.2) is 13.1 Å². The number of nitrogens with zero attached hydrogens (tertiary/aromatic N) is 2. The maximum atomic E-state index is 12.8. The molecule has 7 heteroatoms. The summed E-state index contributed by atoms with van der Waals surface area (Å²) in [7, 11) is -0.352. The van der Waals surface area contributed by atoms with Crippen molar-refractivity contribution in [1.82, 2.24) is 14.5 Å². The summed E-state index contributed by atoms with van der Waals surface area (Å²) in [5.41, 5.74) is 2.21. The van der Waals surface area contributed by atoms with E-state index in [4.69, 9.17) is 4.74 Å². The minimum Gasteiger partial charge on any atom is -0.497 e. The van der Waals surface area contributed by atoms with Crippen LogP contribution in [0.2, 0.25) is 0 Å². The fourth-order valence-electron chi connectivity index (χ4n) is 2.69. The molecule has 1 heterocycles. The molecule has 136 valence electrons. The quantitative estimate of drug-likeness (QED) is 0.693. The maximum absolute atomic E-state index is 12.8. The van der Waals surface area contributed by atoms with Crippen LogP contribution in [0.4, 0.5) is 0 Å². The summed E-state index contributed by atoms with van der Waals surface area (Å²) in [5.74, 6) is 0.754. The van der Waals surface area contributed by atoms with Crippen molar-refractivity contribution in [2.45, 2.75) is 11.3 Å². The number of aryl methyl sites for hydroxylation is 1. The smallest absolute Gasteiger partial charge is 0.244 e. The van der Waals surface area contributed by atoms with Crippen LogP contribution >= 0.6 is 0 Å². The predicted molar refractivity (Wildman–Crippen MR) is 101 cm³/mol. The normalized spacial score (nSPS) is 11.5. The summed E-state index contributed by atoms with van der Waals surface area (Å²) in [4.78, 5) is 0.178. The first-order valence-electron chi connectivity index (χ1n) is 8.21. The highest BCUT2D eigenvalue weighted by Gasteiger charge is 2.22. The Labute approximate surface area is 153 Å². The fourth-order valence-corrected chi connectivity index (χ4v) is 3.93. The molecule has 0 fully saturated rings. The molecule has 0 aliphatic heterocycles. The van der Waals surface area contributed by atoms with E-state index < -0.39 is 10.0 Å². The lowest BCUT2D eigenvalue weighted by molar-refractivity contribution is 0.414. The van der Waals surface area contributed by atoms with Crippen LogP contribution < -0.4 is 9.46 Å². The molecule has 0 radical (unpaired) electrons. The molecule has 26 heavy (non-hydrogen) atoms. The number of hydrogen-bond donors (Lipinski definition) is 1. The summed E-state index contributed by atoms with van der Waals surface area (Å²) < 4.78 is 34.9. The van der Waals surface area contributed by atoms with Gasteiger partial charge in [-0.15, -0.1) is 0 Å². The lowest BCUT2D eigenvalue weighted by Crippen LogP contribution is -2.26. The molecule has 0 aliphatic rings. The molecule has 0 atom stereocenters. The Bertz CT molecular complexity index is 982. The van der Waals surface area contributed by atoms with E-state index in [9.17, 15) is 8.42 Å². The van der Waals surface area contributed by atoms with Gasteiger partial charge in [-0.2, -0.15) is 5.10 Å². The van der Waals surface area contributed by atoms with Crippen molar-refractivity contribution >= 4 is 10.0 Å². The first-order chi connectivity index (χ1) is 12.5. The topological polar surface area (TPSA) is 73.2 Å². The molecule has 3 rings (SSSR count). The molecule has 0 bridgehead atoms. The van der Waals surface area contributed by atoms with Gasteiger partial charge >= 0.3 is 0 Å². The minimum absolute atomic E-state index is 0.178. The van der Waals surface area contributed by atoms with E-state index in [0.29, 0.717) is 18.7 Å². The van der Waals surface area contributed by atoms with Gasteiger partial charge in [0, 0.05) is 25.4 Å². The number of nitrogens with one attached hydrogen (secondary N) is 1. The Morgan fingerprint density at radius 1 is 1.12 bits per heavy atom. The van der Waals surface area contributed by atoms with E-state index in [-0.39, 0.29) is 4.90 Å². The second-order valence-corrected chi connectivity index (χ2v) is 7.62. The molecular weight excluding hydrogens is 350 g/mol. The van der Waals surface area contributed by atoms with E-state index in [1.54, 1.807) is 14.2 Å². The van der Waals surface area contributed by atoms with E-state index in [2.05, 4.69) is 9.82 Å². The molecule has 2 aromatic carbocycles. The fraction of sp³-hybridized carbons (Fsp3) is 0.211.